The Bertz CT molecular complexity index is 639. The van der Waals surface area contributed by atoms with E-state index in [1.165, 1.54) is 22.3 Å². The van der Waals surface area contributed by atoms with Gasteiger partial charge in [-0.1, -0.05) is 54.6 Å². The molecule has 3 rings (SSSR count). The predicted molar refractivity (Wildman–Crippen MR) is 92.0 cm³/mol. The zero-order valence-corrected chi connectivity index (χ0v) is 12.9. The van der Waals surface area contributed by atoms with E-state index in [0.717, 1.165) is 32.1 Å². The first-order chi connectivity index (χ1) is 10.8. The average Bonchev–Trinajstić information content (AvgIpc) is 2.57. The number of carbonyl (C=O) groups is 1. The van der Waals surface area contributed by atoms with Crippen LogP contribution in [0.1, 0.15) is 42.7 Å². The molecule has 22 heavy (non-hydrogen) atoms. The molecule has 2 aromatic carbocycles. The fourth-order valence-electron chi connectivity index (χ4n) is 3.22. The highest BCUT2D eigenvalue weighted by Crippen LogP contribution is 2.32. The molecule has 0 heterocycles. The van der Waals surface area contributed by atoms with E-state index < -0.39 is 0 Å². The number of hydrogen-bond donors (Lipinski definition) is 0. The van der Waals surface area contributed by atoms with Gasteiger partial charge in [-0.25, -0.2) is 0 Å². The normalized spacial score (nSPS) is 15.7. The van der Waals surface area contributed by atoms with Gasteiger partial charge in [0.05, 0.1) is 0 Å². The van der Waals surface area contributed by atoms with Gasteiger partial charge in [-0.2, -0.15) is 0 Å². The van der Waals surface area contributed by atoms with E-state index >= 15 is 0 Å². The van der Waals surface area contributed by atoms with Crippen LogP contribution in [0.5, 0.6) is 0 Å². The van der Waals surface area contributed by atoms with E-state index in [9.17, 15) is 4.79 Å². The van der Waals surface area contributed by atoms with Crippen LogP contribution in [-0.2, 0) is 11.2 Å². The molecule has 0 bridgehead atoms. The Morgan fingerprint density at radius 3 is 2.00 bits per heavy atom. The molecule has 1 aliphatic rings. The van der Waals surface area contributed by atoms with Gasteiger partial charge in [-0.3, -0.25) is 4.79 Å². The van der Waals surface area contributed by atoms with Gasteiger partial charge < -0.3 is 0 Å². The third kappa shape index (κ3) is 3.36. The Labute approximate surface area is 132 Å². The zero-order chi connectivity index (χ0) is 15.4. The average molecular weight is 290 g/mol. The maximum absolute atomic E-state index is 11.3. The SMILES string of the molecule is C=CCc1ccc(-c2ccc(C3CCC(=O)CC3)cc2)cc1. The van der Waals surface area contributed by atoms with Crippen molar-refractivity contribution in [3.63, 3.8) is 0 Å². The number of allylic oxidation sites excluding steroid dienone is 1. The molecule has 2 aromatic rings. The molecule has 1 fully saturated rings. The topological polar surface area (TPSA) is 17.1 Å². The molecule has 0 spiro atoms. The Kier molecular flexibility index (Phi) is 4.53. The van der Waals surface area contributed by atoms with Crippen molar-refractivity contribution in [3.8, 4) is 11.1 Å². The standard InChI is InChI=1S/C21H22O/c1-2-3-16-4-6-17(7-5-16)18-8-10-19(11-9-18)20-12-14-21(22)15-13-20/h2,4-11,20H,1,3,12-15H2. The van der Waals surface area contributed by atoms with Crippen LogP contribution in [0.25, 0.3) is 11.1 Å². The van der Waals surface area contributed by atoms with Crippen LogP contribution < -0.4 is 0 Å². The zero-order valence-electron chi connectivity index (χ0n) is 12.9. The van der Waals surface area contributed by atoms with Crippen molar-refractivity contribution >= 4 is 5.78 Å². The summed E-state index contributed by atoms with van der Waals surface area (Å²) >= 11 is 0. The van der Waals surface area contributed by atoms with E-state index in [2.05, 4.69) is 55.1 Å². The Morgan fingerprint density at radius 2 is 1.45 bits per heavy atom. The van der Waals surface area contributed by atoms with Gasteiger partial charge in [0.2, 0.25) is 0 Å². The fourth-order valence-corrected chi connectivity index (χ4v) is 3.22. The van der Waals surface area contributed by atoms with Gasteiger partial charge in [0.15, 0.2) is 0 Å². The molecule has 0 N–H and O–H groups in total. The lowest BCUT2D eigenvalue weighted by atomic mass is 9.83. The summed E-state index contributed by atoms with van der Waals surface area (Å²) in [6.07, 6.45) is 6.36. The van der Waals surface area contributed by atoms with Crippen molar-refractivity contribution in [1.82, 2.24) is 0 Å². The van der Waals surface area contributed by atoms with Gasteiger partial charge in [-0.15, -0.1) is 6.58 Å². The number of hydrogen-bond acceptors (Lipinski definition) is 1. The second-order valence-electron chi connectivity index (χ2n) is 6.12. The van der Waals surface area contributed by atoms with Crippen molar-refractivity contribution < 1.29 is 4.79 Å². The summed E-state index contributed by atoms with van der Waals surface area (Å²) in [5, 5.41) is 0. The van der Waals surface area contributed by atoms with Crippen LogP contribution in [0.4, 0.5) is 0 Å². The largest absolute Gasteiger partial charge is 0.300 e. The molecule has 112 valence electrons. The molecular formula is C21H22O. The van der Waals surface area contributed by atoms with Crippen molar-refractivity contribution in [1.29, 1.82) is 0 Å². The molecule has 0 atom stereocenters. The van der Waals surface area contributed by atoms with E-state index in [1.54, 1.807) is 0 Å². The highest BCUT2D eigenvalue weighted by atomic mass is 16.1. The van der Waals surface area contributed by atoms with Crippen molar-refractivity contribution in [3.05, 3.63) is 72.3 Å². The second-order valence-corrected chi connectivity index (χ2v) is 6.12. The number of ketones is 1. The van der Waals surface area contributed by atoms with Crippen molar-refractivity contribution in [2.75, 3.05) is 0 Å². The van der Waals surface area contributed by atoms with Crippen LogP contribution in [0.2, 0.25) is 0 Å². The number of Topliss-reactive ketones (excluding diaryl/α,β-unsaturated/α-hetero) is 1. The fraction of sp³-hybridized carbons (Fsp3) is 0.286. The maximum Gasteiger partial charge on any atom is 0.132 e. The summed E-state index contributed by atoms with van der Waals surface area (Å²) in [4.78, 5) is 11.3. The quantitative estimate of drug-likeness (QED) is 0.697. The second kappa shape index (κ2) is 6.74. The summed E-state index contributed by atoms with van der Waals surface area (Å²) in [6.45, 7) is 3.77. The monoisotopic (exact) mass is 290 g/mol. The molecule has 1 aliphatic carbocycles. The lowest BCUT2D eigenvalue weighted by Crippen LogP contribution is -2.12. The third-order valence-electron chi connectivity index (χ3n) is 4.59. The van der Waals surface area contributed by atoms with Gasteiger partial charge in [0.1, 0.15) is 5.78 Å². The lowest BCUT2D eigenvalue weighted by Gasteiger charge is -2.21. The van der Waals surface area contributed by atoms with Crippen molar-refractivity contribution in [2.24, 2.45) is 0 Å². The molecule has 0 aliphatic heterocycles. The molecule has 1 nitrogen and oxygen atoms in total. The van der Waals surface area contributed by atoms with Crippen LogP contribution >= 0.6 is 0 Å². The van der Waals surface area contributed by atoms with Gasteiger partial charge in [0, 0.05) is 12.8 Å². The number of benzene rings is 2. The molecule has 0 radical (unpaired) electrons. The van der Waals surface area contributed by atoms with Crippen LogP contribution in [0, 0.1) is 0 Å². The third-order valence-corrected chi connectivity index (χ3v) is 4.59. The Hall–Kier alpha value is -2.15. The van der Waals surface area contributed by atoms with E-state index in [0.29, 0.717) is 11.7 Å². The molecule has 0 aromatic heterocycles. The first kappa shape index (κ1) is 14.8. The summed E-state index contributed by atoms with van der Waals surface area (Å²) in [5.74, 6) is 0.981. The van der Waals surface area contributed by atoms with Gasteiger partial charge in [0.25, 0.3) is 0 Å². The van der Waals surface area contributed by atoms with E-state index in [-0.39, 0.29) is 0 Å². The van der Waals surface area contributed by atoms with Gasteiger partial charge in [-0.05, 0) is 47.4 Å². The highest BCUT2D eigenvalue weighted by Gasteiger charge is 2.19. The molecule has 0 unspecified atom stereocenters. The summed E-state index contributed by atoms with van der Waals surface area (Å²) in [5.41, 5.74) is 5.17. The predicted octanol–water partition coefficient (Wildman–Crippen LogP) is 5.31. The minimum atomic E-state index is 0.424. The summed E-state index contributed by atoms with van der Waals surface area (Å²) in [6, 6.07) is 17.5. The first-order valence-electron chi connectivity index (χ1n) is 8.08. The molecule has 0 saturated heterocycles. The summed E-state index contributed by atoms with van der Waals surface area (Å²) in [7, 11) is 0. The van der Waals surface area contributed by atoms with Crippen molar-refractivity contribution in [2.45, 2.75) is 38.0 Å². The Balaban J connectivity index is 1.73. The Morgan fingerprint density at radius 1 is 0.909 bits per heavy atom. The van der Waals surface area contributed by atoms with Crippen LogP contribution in [0.3, 0.4) is 0 Å². The highest BCUT2D eigenvalue weighted by molar-refractivity contribution is 5.79. The number of carbonyl (C=O) groups excluding carboxylic acids is 1. The molecular weight excluding hydrogens is 268 g/mol. The minimum absolute atomic E-state index is 0.424. The molecule has 1 heteroatoms. The van der Waals surface area contributed by atoms with Crippen LogP contribution in [0.15, 0.2) is 61.2 Å². The van der Waals surface area contributed by atoms with Crippen LogP contribution in [-0.4, -0.2) is 5.78 Å². The lowest BCUT2D eigenvalue weighted by molar-refractivity contribution is -0.120. The van der Waals surface area contributed by atoms with E-state index in [1.807, 2.05) is 6.08 Å². The molecule has 0 amide bonds. The summed E-state index contributed by atoms with van der Waals surface area (Å²) < 4.78 is 0. The first-order valence-corrected chi connectivity index (χ1v) is 8.08. The van der Waals surface area contributed by atoms with E-state index in [4.69, 9.17) is 0 Å². The maximum atomic E-state index is 11.3. The minimum Gasteiger partial charge on any atom is -0.300 e. The smallest absolute Gasteiger partial charge is 0.132 e. The van der Waals surface area contributed by atoms with Gasteiger partial charge >= 0.3 is 0 Å². The molecule has 1 saturated carbocycles. The number of rotatable bonds is 4.